The highest BCUT2D eigenvalue weighted by Gasteiger charge is 2.33. The van der Waals surface area contributed by atoms with Crippen LogP contribution in [0.4, 0.5) is 11.6 Å². The monoisotopic (exact) mass is 437 g/mol. The molecule has 3 aromatic rings. The predicted molar refractivity (Wildman–Crippen MR) is 124 cm³/mol. The molecule has 162 valence electrons. The standard InChI is InChI=1S/C23H27N5O2S/c1-26(2)19-7-8-20(25-24-19)28-10-9-16(15-28)21-17-5-3-4-6-18(17)31-22(21)23(29)27-11-13-30-14-12-27/h3-8,16H,9-15H2,1-2H3/t16-/m0/s1. The Morgan fingerprint density at radius 1 is 1.10 bits per heavy atom. The van der Waals surface area contributed by atoms with E-state index in [1.165, 1.54) is 15.6 Å². The number of morpholine rings is 1. The number of thiophene rings is 1. The Kier molecular flexibility index (Phi) is 5.50. The Labute approximate surface area is 186 Å². The topological polar surface area (TPSA) is 61.8 Å². The Morgan fingerprint density at radius 2 is 1.90 bits per heavy atom. The lowest BCUT2D eigenvalue weighted by molar-refractivity contribution is 0.0305. The van der Waals surface area contributed by atoms with Crippen LogP contribution in [-0.2, 0) is 4.74 Å². The second-order valence-corrected chi connectivity index (χ2v) is 9.37. The summed E-state index contributed by atoms with van der Waals surface area (Å²) in [6, 6.07) is 12.4. The van der Waals surface area contributed by atoms with Gasteiger partial charge in [-0.2, -0.15) is 0 Å². The highest BCUT2D eigenvalue weighted by Crippen LogP contribution is 2.41. The highest BCUT2D eigenvalue weighted by atomic mass is 32.1. The number of rotatable bonds is 4. The van der Waals surface area contributed by atoms with E-state index in [0.717, 1.165) is 36.0 Å². The van der Waals surface area contributed by atoms with Gasteiger partial charge in [0.25, 0.3) is 5.91 Å². The van der Waals surface area contributed by atoms with Crippen LogP contribution in [-0.4, -0.2) is 74.5 Å². The molecule has 31 heavy (non-hydrogen) atoms. The van der Waals surface area contributed by atoms with Crippen molar-refractivity contribution in [1.29, 1.82) is 0 Å². The first-order valence-electron chi connectivity index (χ1n) is 10.8. The van der Waals surface area contributed by atoms with E-state index in [4.69, 9.17) is 4.74 Å². The van der Waals surface area contributed by atoms with Crippen LogP contribution in [0.1, 0.15) is 27.6 Å². The minimum absolute atomic E-state index is 0.146. The van der Waals surface area contributed by atoms with Crippen LogP contribution in [0.25, 0.3) is 10.1 Å². The van der Waals surface area contributed by atoms with Crippen LogP contribution < -0.4 is 9.80 Å². The Morgan fingerprint density at radius 3 is 2.65 bits per heavy atom. The zero-order valence-electron chi connectivity index (χ0n) is 18.0. The molecule has 2 aliphatic rings. The number of hydrogen-bond donors (Lipinski definition) is 0. The molecule has 2 aromatic heterocycles. The van der Waals surface area contributed by atoms with Gasteiger partial charge in [-0.1, -0.05) is 18.2 Å². The fourth-order valence-corrected chi connectivity index (χ4v) is 5.73. The molecule has 0 unspecified atom stereocenters. The Bertz CT molecular complexity index is 1080. The van der Waals surface area contributed by atoms with Crippen molar-refractivity contribution in [3.05, 3.63) is 46.8 Å². The number of carbonyl (C=O) groups excluding carboxylic acids is 1. The predicted octanol–water partition coefficient (Wildman–Crippen LogP) is 3.22. The van der Waals surface area contributed by atoms with E-state index >= 15 is 0 Å². The van der Waals surface area contributed by atoms with Crippen LogP contribution in [0.5, 0.6) is 0 Å². The number of anilines is 2. The maximum Gasteiger partial charge on any atom is 0.264 e. The van der Waals surface area contributed by atoms with E-state index in [9.17, 15) is 4.79 Å². The highest BCUT2D eigenvalue weighted by molar-refractivity contribution is 7.21. The van der Waals surface area contributed by atoms with Crippen molar-refractivity contribution in [1.82, 2.24) is 15.1 Å². The van der Waals surface area contributed by atoms with E-state index in [-0.39, 0.29) is 5.91 Å². The number of hydrogen-bond acceptors (Lipinski definition) is 7. The van der Waals surface area contributed by atoms with Gasteiger partial charge in [-0.3, -0.25) is 4.79 Å². The SMILES string of the molecule is CN(C)c1ccc(N2CC[C@H](c3c(C(=O)N4CCOCC4)sc4ccccc34)C2)nn1. The first kappa shape index (κ1) is 20.2. The molecule has 4 heterocycles. The van der Waals surface area contributed by atoms with E-state index in [2.05, 4.69) is 39.4 Å². The van der Waals surface area contributed by atoms with E-state index in [1.54, 1.807) is 11.3 Å². The van der Waals surface area contributed by atoms with Crippen molar-refractivity contribution in [2.24, 2.45) is 0 Å². The quantitative estimate of drug-likeness (QED) is 0.625. The molecule has 2 saturated heterocycles. The number of benzene rings is 1. The molecular formula is C23H27N5O2S. The summed E-state index contributed by atoms with van der Waals surface area (Å²) in [4.78, 5) is 20.5. The molecule has 0 N–H and O–H groups in total. The molecule has 2 fully saturated rings. The molecule has 0 bridgehead atoms. The molecule has 2 aliphatic heterocycles. The summed E-state index contributed by atoms with van der Waals surface area (Å²) in [6.45, 7) is 4.32. The van der Waals surface area contributed by atoms with Gasteiger partial charge < -0.3 is 19.4 Å². The van der Waals surface area contributed by atoms with Crippen LogP contribution in [0, 0.1) is 0 Å². The molecule has 0 aliphatic carbocycles. The number of nitrogens with zero attached hydrogens (tertiary/aromatic N) is 5. The van der Waals surface area contributed by atoms with E-state index < -0.39 is 0 Å². The van der Waals surface area contributed by atoms with Crippen LogP contribution in [0.3, 0.4) is 0 Å². The normalized spacial score (nSPS) is 19.2. The zero-order chi connectivity index (χ0) is 21.4. The average molecular weight is 438 g/mol. The van der Waals surface area contributed by atoms with Crippen LogP contribution >= 0.6 is 11.3 Å². The van der Waals surface area contributed by atoms with Gasteiger partial charge in [-0.15, -0.1) is 21.5 Å². The summed E-state index contributed by atoms with van der Waals surface area (Å²) in [7, 11) is 3.93. The summed E-state index contributed by atoms with van der Waals surface area (Å²) in [5, 5.41) is 9.98. The first-order chi connectivity index (χ1) is 15.1. The van der Waals surface area contributed by atoms with Gasteiger partial charge >= 0.3 is 0 Å². The molecule has 7 nitrogen and oxygen atoms in total. The van der Waals surface area contributed by atoms with Crippen LogP contribution in [0.2, 0.25) is 0 Å². The lowest BCUT2D eigenvalue weighted by Crippen LogP contribution is -2.40. The maximum atomic E-state index is 13.4. The second-order valence-electron chi connectivity index (χ2n) is 8.32. The number of ether oxygens (including phenoxy) is 1. The largest absolute Gasteiger partial charge is 0.378 e. The van der Waals surface area contributed by atoms with E-state index in [1.807, 2.05) is 36.0 Å². The molecule has 1 aromatic carbocycles. The number of fused-ring (bicyclic) bond motifs is 1. The van der Waals surface area contributed by atoms with Gasteiger partial charge in [0.1, 0.15) is 0 Å². The molecule has 1 amide bonds. The lowest BCUT2D eigenvalue weighted by Gasteiger charge is -2.27. The van der Waals surface area contributed by atoms with Gasteiger partial charge in [0.2, 0.25) is 0 Å². The molecule has 5 rings (SSSR count). The van der Waals surface area contributed by atoms with Crippen molar-refractivity contribution < 1.29 is 9.53 Å². The van der Waals surface area contributed by atoms with Gasteiger partial charge in [0.05, 0.1) is 18.1 Å². The van der Waals surface area contributed by atoms with Gasteiger partial charge in [-0.05, 0) is 35.6 Å². The van der Waals surface area contributed by atoms with Crippen molar-refractivity contribution in [3.63, 3.8) is 0 Å². The van der Waals surface area contributed by atoms with Gasteiger partial charge in [0, 0.05) is 50.9 Å². The third-order valence-corrected chi connectivity index (χ3v) is 7.32. The second kappa shape index (κ2) is 8.43. The smallest absolute Gasteiger partial charge is 0.264 e. The number of amides is 1. The minimum atomic E-state index is 0.146. The van der Waals surface area contributed by atoms with Gasteiger partial charge in [-0.25, -0.2) is 0 Å². The third kappa shape index (κ3) is 3.85. The van der Waals surface area contributed by atoms with Crippen molar-refractivity contribution in [2.45, 2.75) is 12.3 Å². The molecule has 1 atom stereocenters. The molecule has 0 saturated carbocycles. The number of carbonyl (C=O) groups is 1. The molecule has 8 heteroatoms. The number of aromatic nitrogens is 2. The van der Waals surface area contributed by atoms with E-state index in [0.29, 0.717) is 32.2 Å². The van der Waals surface area contributed by atoms with Crippen LogP contribution in [0.15, 0.2) is 36.4 Å². The summed E-state index contributed by atoms with van der Waals surface area (Å²) in [6.07, 6.45) is 1.00. The molecule has 0 spiro atoms. The van der Waals surface area contributed by atoms with Crippen molar-refractivity contribution in [2.75, 3.05) is 63.3 Å². The third-order valence-electron chi connectivity index (χ3n) is 6.14. The van der Waals surface area contributed by atoms with Gasteiger partial charge in [0.15, 0.2) is 11.6 Å². The zero-order valence-corrected chi connectivity index (χ0v) is 18.8. The molecule has 0 radical (unpaired) electrons. The van der Waals surface area contributed by atoms with Crippen molar-refractivity contribution >= 4 is 39.0 Å². The average Bonchev–Trinajstić information content (AvgIpc) is 3.44. The first-order valence-corrected chi connectivity index (χ1v) is 11.6. The minimum Gasteiger partial charge on any atom is -0.378 e. The summed E-state index contributed by atoms with van der Waals surface area (Å²) in [5.74, 6) is 2.19. The summed E-state index contributed by atoms with van der Waals surface area (Å²) in [5.41, 5.74) is 1.21. The maximum absolute atomic E-state index is 13.4. The lowest BCUT2D eigenvalue weighted by atomic mass is 9.94. The summed E-state index contributed by atoms with van der Waals surface area (Å²) >= 11 is 1.63. The summed E-state index contributed by atoms with van der Waals surface area (Å²) < 4.78 is 6.63. The fraction of sp³-hybridized carbons (Fsp3) is 0.435. The fourth-order valence-electron chi connectivity index (χ4n) is 4.47. The Hall–Kier alpha value is -2.71. The Balaban J connectivity index is 1.45. The molecular weight excluding hydrogens is 410 g/mol. The van der Waals surface area contributed by atoms with Crippen molar-refractivity contribution in [3.8, 4) is 0 Å².